The summed E-state index contributed by atoms with van der Waals surface area (Å²) in [5, 5.41) is 22.9. The molecule has 3 heterocycles. The summed E-state index contributed by atoms with van der Waals surface area (Å²) < 4.78 is 19.0. The van der Waals surface area contributed by atoms with Gasteiger partial charge in [0, 0.05) is 38.1 Å². The van der Waals surface area contributed by atoms with Crippen molar-refractivity contribution in [3.63, 3.8) is 0 Å². The van der Waals surface area contributed by atoms with Crippen molar-refractivity contribution in [3.05, 3.63) is 17.8 Å². The van der Waals surface area contributed by atoms with Gasteiger partial charge in [0.15, 0.2) is 11.5 Å². The lowest BCUT2D eigenvalue weighted by molar-refractivity contribution is -0.0787. The van der Waals surface area contributed by atoms with Crippen LogP contribution in [0.3, 0.4) is 0 Å². The number of aliphatic hydroxyl groups is 1. The van der Waals surface area contributed by atoms with Gasteiger partial charge in [-0.3, -0.25) is 14.9 Å². The minimum atomic E-state index is -0.634. The molecule has 158 valence electrons. The van der Waals surface area contributed by atoms with E-state index in [0.717, 1.165) is 37.4 Å². The fourth-order valence-electron chi connectivity index (χ4n) is 4.25. The number of anilines is 1. The largest absolute Gasteiger partial charge is 0.491 e. The Bertz CT molecular complexity index is 937. The predicted molar refractivity (Wildman–Crippen MR) is 109 cm³/mol. The molecule has 0 radical (unpaired) electrons. The molecule has 1 aromatic heterocycles. The molecular formula is C20H29N5O4. The number of fused-ring (bicyclic) bond motifs is 3. The molecule has 0 spiro atoms. The minimum absolute atomic E-state index is 0.146. The Balaban J connectivity index is 1.49. The Morgan fingerprint density at radius 1 is 1.34 bits per heavy atom. The number of hydrogen-bond donors (Lipinski definition) is 3. The van der Waals surface area contributed by atoms with Crippen molar-refractivity contribution in [1.82, 2.24) is 14.5 Å². The summed E-state index contributed by atoms with van der Waals surface area (Å²) in [6.45, 7) is 7.86. The standard InChI is InChI=1S/C20H29N5O4/c1-12-8-24(9-13(2)29-12)10-14(26)11-28-16-5-4-15-17(18(16)27-3)23-20(21)25-7-6-22-19(15)25/h4-5,12-14,21-22,26H,6-11H2,1-3H3/t12-,13+,14-/m1/s1. The molecule has 3 atom stereocenters. The second kappa shape index (κ2) is 8.17. The third-order valence-corrected chi connectivity index (χ3v) is 5.32. The number of benzene rings is 1. The lowest BCUT2D eigenvalue weighted by Gasteiger charge is -2.36. The van der Waals surface area contributed by atoms with Gasteiger partial charge >= 0.3 is 0 Å². The zero-order chi connectivity index (χ0) is 20.5. The van der Waals surface area contributed by atoms with E-state index >= 15 is 0 Å². The van der Waals surface area contributed by atoms with Gasteiger partial charge in [-0.1, -0.05) is 0 Å². The van der Waals surface area contributed by atoms with Crippen LogP contribution in [0.1, 0.15) is 13.8 Å². The van der Waals surface area contributed by atoms with E-state index in [1.165, 1.54) is 0 Å². The molecule has 0 unspecified atom stereocenters. The molecule has 29 heavy (non-hydrogen) atoms. The maximum Gasteiger partial charge on any atom is 0.224 e. The van der Waals surface area contributed by atoms with E-state index in [9.17, 15) is 5.11 Å². The van der Waals surface area contributed by atoms with E-state index in [1.807, 2.05) is 30.5 Å². The quantitative estimate of drug-likeness (QED) is 0.655. The highest BCUT2D eigenvalue weighted by molar-refractivity contribution is 5.95. The van der Waals surface area contributed by atoms with Gasteiger partial charge in [-0.2, -0.15) is 0 Å². The maximum atomic E-state index is 10.5. The van der Waals surface area contributed by atoms with Gasteiger partial charge in [0.05, 0.1) is 19.3 Å². The van der Waals surface area contributed by atoms with Gasteiger partial charge in [0.25, 0.3) is 0 Å². The number of β-amino-alcohol motifs (C(OH)–C–C–N with tert-alkyl or cyclic N) is 1. The van der Waals surface area contributed by atoms with Gasteiger partial charge in [0.2, 0.25) is 5.62 Å². The Labute approximate surface area is 169 Å². The smallest absolute Gasteiger partial charge is 0.224 e. The molecule has 0 amide bonds. The van der Waals surface area contributed by atoms with E-state index in [-0.39, 0.29) is 24.4 Å². The Hall–Kier alpha value is -2.36. The number of hydrogen-bond acceptors (Lipinski definition) is 8. The highest BCUT2D eigenvalue weighted by Crippen LogP contribution is 2.37. The van der Waals surface area contributed by atoms with Gasteiger partial charge in [-0.05, 0) is 26.0 Å². The molecule has 0 bridgehead atoms. The molecule has 1 saturated heterocycles. The highest BCUT2D eigenvalue weighted by atomic mass is 16.5. The maximum absolute atomic E-state index is 10.5. The molecule has 3 N–H and O–H groups in total. The molecule has 0 aliphatic carbocycles. The average molecular weight is 403 g/mol. The number of methoxy groups -OCH3 is 1. The van der Waals surface area contributed by atoms with Crippen LogP contribution in [0, 0.1) is 5.41 Å². The fourth-order valence-corrected chi connectivity index (χ4v) is 4.25. The molecular weight excluding hydrogens is 374 g/mol. The van der Waals surface area contributed by atoms with Crippen LogP contribution in [0.4, 0.5) is 5.82 Å². The topological polar surface area (TPSA) is 105 Å². The van der Waals surface area contributed by atoms with Crippen molar-refractivity contribution < 1.29 is 19.3 Å². The van der Waals surface area contributed by atoms with Gasteiger partial charge in [-0.15, -0.1) is 0 Å². The zero-order valence-electron chi connectivity index (χ0n) is 17.1. The number of ether oxygens (including phenoxy) is 3. The summed E-state index contributed by atoms with van der Waals surface area (Å²) in [6.07, 6.45) is -0.318. The van der Waals surface area contributed by atoms with Crippen molar-refractivity contribution in [2.24, 2.45) is 0 Å². The van der Waals surface area contributed by atoms with Crippen LogP contribution < -0.4 is 20.4 Å². The lowest BCUT2D eigenvalue weighted by atomic mass is 10.2. The van der Waals surface area contributed by atoms with Gasteiger partial charge < -0.3 is 24.6 Å². The average Bonchev–Trinajstić information content (AvgIpc) is 3.16. The van der Waals surface area contributed by atoms with Gasteiger partial charge in [-0.25, -0.2) is 4.98 Å². The molecule has 1 aromatic carbocycles. The summed E-state index contributed by atoms with van der Waals surface area (Å²) in [5.74, 6) is 1.87. The fraction of sp³-hybridized carbons (Fsp3) is 0.600. The van der Waals surface area contributed by atoms with Crippen LogP contribution in [0.15, 0.2) is 12.1 Å². The summed E-state index contributed by atoms with van der Waals surface area (Å²) in [7, 11) is 1.56. The minimum Gasteiger partial charge on any atom is -0.491 e. The molecule has 9 nitrogen and oxygen atoms in total. The normalized spacial score (nSPS) is 22.9. The molecule has 2 aromatic rings. The third-order valence-electron chi connectivity index (χ3n) is 5.32. The number of rotatable bonds is 6. The Morgan fingerprint density at radius 2 is 2.10 bits per heavy atom. The predicted octanol–water partition coefficient (Wildman–Crippen LogP) is 0.799. The van der Waals surface area contributed by atoms with Crippen molar-refractivity contribution >= 4 is 16.7 Å². The molecule has 1 fully saturated rings. The molecule has 9 heteroatoms. The molecule has 0 saturated carbocycles. The van der Waals surface area contributed by atoms with Crippen LogP contribution in [0.5, 0.6) is 11.5 Å². The first-order valence-corrected chi connectivity index (χ1v) is 10.0. The van der Waals surface area contributed by atoms with Crippen LogP contribution in [-0.2, 0) is 11.3 Å². The molecule has 2 aliphatic heterocycles. The van der Waals surface area contributed by atoms with Crippen LogP contribution in [-0.4, -0.2) is 77.8 Å². The van der Waals surface area contributed by atoms with E-state index in [4.69, 9.17) is 19.6 Å². The lowest BCUT2D eigenvalue weighted by Crippen LogP contribution is -2.48. The molecule has 2 aliphatic rings. The van der Waals surface area contributed by atoms with Crippen molar-refractivity contribution in [3.8, 4) is 11.5 Å². The first kappa shape index (κ1) is 19.9. The SMILES string of the molecule is COc1c(OC[C@H](O)CN2C[C@@H](C)O[C@@H](C)C2)ccc2c3n(c(=N)nc12)CCN3. The summed E-state index contributed by atoms with van der Waals surface area (Å²) in [5.41, 5.74) is 0.768. The van der Waals surface area contributed by atoms with E-state index < -0.39 is 6.10 Å². The number of nitrogens with one attached hydrogen (secondary N) is 2. The van der Waals surface area contributed by atoms with Crippen LogP contribution >= 0.6 is 0 Å². The van der Waals surface area contributed by atoms with E-state index in [2.05, 4.69) is 15.2 Å². The number of aliphatic hydroxyl groups excluding tert-OH is 1. The van der Waals surface area contributed by atoms with Crippen LogP contribution in [0.25, 0.3) is 10.9 Å². The van der Waals surface area contributed by atoms with Crippen molar-refractivity contribution in [1.29, 1.82) is 5.41 Å². The highest BCUT2D eigenvalue weighted by Gasteiger charge is 2.25. The summed E-state index contributed by atoms with van der Waals surface area (Å²) in [6, 6.07) is 3.75. The monoisotopic (exact) mass is 403 g/mol. The van der Waals surface area contributed by atoms with Crippen molar-refractivity contribution in [2.45, 2.75) is 38.7 Å². The second-order valence-corrected chi connectivity index (χ2v) is 7.80. The van der Waals surface area contributed by atoms with E-state index in [1.54, 1.807) is 7.11 Å². The first-order valence-electron chi connectivity index (χ1n) is 10.0. The Kier molecular flexibility index (Phi) is 5.62. The first-order chi connectivity index (χ1) is 14.0. The van der Waals surface area contributed by atoms with Gasteiger partial charge in [0.1, 0.15) is 24.0 Å². The van der Waals surface area contributed by atoms with E-state index in [0.29, 0.717) is 23.6 Å². The second-order valence-electron chi connectivity index (χ2n) is 7.80. The van der Waals surface area contributed by atoms with Crippen LogP contribution in [0.2, 0.25) is 0 Å². The Morgan fingerprint density at radius 3 is 2.83 bits per heavy atom. The number of aromatic nitrogens is 2. The third kappa shape index (κ3) is 4.03. The number of nitrogens with zero attached hydrogens (tertiary/aromatic N) is 3. The summed E-state index contributed by atoms with van der Waals surface area (Å²) >= 11 is 0. The zero-order valence-corrected chi connectivity index (χ0v) is 17.1. The number of morpholine rings is 1. The molecule has 4 rings (SSSR count). The summed E-state index contributed by atoms with van der Waals surface area (Å²) in [4.78, 5) is 6.62. The van der Waals surface area contributed by atoms with Crippen molar-refractivity contribution in [2.75, 3.05) is 45.2 Å².